The molecule has 0 bridgehead atoms. The summed E-state index contributed by atoms with van der Waals surface area (Å²) < 4.78 is 38.3. The van der Waals surface area contributed by atoms with Crippen LogP contribution in [0.15, 0.2) is 66.7 Å². The van der Waals surface area contributed by atoms with E-state index in [4.69, 9.17) is 4.74 Å². The summed E-state index contributed by atoms with van der Waals surface area (Å²) in [7, 11) is 1.18. The average Bonchev–Trinajstić information content (AvgIpc) is 2.67. The van der Waals surface area contributed by atoms with Crippen molar-refractivity contribution in [1.82, 2.24) is 0 Å². The van der Waals surface area contributed by atoms with Gasteiger partial charge in [-0.15, -0.1) is 0 Å². The molecule has 0 N–H and O–H groups in total. The van der Waals surface area contributed by atoms with Crippen LogP contribution >= 0.6 is 0 Å². The van der Waals surface area contributed by atoms with E-state index in [0.717, 1.165) is 5.56 Å². The smallest absolute Gasteiger partial charge is 0.340 e. The SMILES string of the molecule is COC(=O)c1ccc(-c2ccc(OCc3ccccc3)c(F)c2)cc1F. The number of ether oxygens (including phenoxy) is 2. The van der Waals surface area contributed by atoms with Crippen LogP contribution in [-0.4, -0.2) is 13.1 Å². The minimum atomic E-state index is -0.759. The van der Waals surface area contributed by atoms with Gasteiger partial charge in [0.1, 0.15) is 12.4 Å². The highest BCUT2D eigenvalue weighted by Gasteiger charge is 2.14. The Balaban J connectivity index is 1.79. The summed E-state index contributed by atoms with van der Waals surface area (Å²) in [5.74, 6) is -1.91. The van der Waals surface area contributed by atoms with E-state index >= 15 is 0 Å². The van der Waals surface area contributed by atoms with Gasteiger partial charge in [0, 0.05) is 0 Å². The van der Waals surface area contributed by atoms with Gasteiger partial charge in [-0.3, -0.25) is 0 Å². The third-order valence-electron chi connectivity index (χ3n) is 3.88. The van der Waals surface area contributed by atoms with Crippen molar-refractivity contribution in [3.8, 4) is 16.9 Å². The highest BCUT2D eigenvalue weighted by Crippen LogP contribution is 2.27. The van der Waals surface area contributed by atoms with Crippen molar-refractivity contribution in [3.05, 3.63) is 89.5 Å². The molecule has 0 atom stereocenters. The summed E-state index contributed by atoms with van der Waals surface area (Å²) in [6, 6.07) is 17.9. The molecule has 0 aliphatic rings. The largest absolute Gasteiger partial charge is 0.486 e. The van der Waals surface area contributed by atoms with E-state index in [9.17, 15) is 13.6 Å². The van der Waals surface area contributed by atoms with Crippen molar-refractivity contribution in [1.29, 1.82) is 0 Å². The predicted octanol–water partition coefficient (Wildman–Crippen LogP) is 5.00. The van der Waals surface area contributed by atoms with Crippen LogP contribution in [0.1, 0.15) is 15.9 Å². The first kappa shape index (κ1) is 17.6. The van der Waals surface area contributed by atoms with Crippen LogP contribution in [0.2, 0.25) is 0 Å². The second kappa shape index (κ2) is 7.78. The van der Waals surface area contributed by atoms with Crippen molar-refractivity contribution in [3.63, 3.8) is 0 Å². The van der Waals surface area contributed by atoms with Crippen LogP contribution in [0.4, 0.5) is 8.78 Å². The summed E-state index contributed by atoms with van der Waals surface area (Å²) in [5, 5.41) is 0. The van der Waals surface area contributed by atoms with Gasteiger partial charge in [-0.2, -0.15) is 0 Å². The number of carbonyl (C=O) groups is 1. The van der Waals surface area contributed by atoms with E-state index in [-0.39, 0.29) is 17.9 Å². The molecule has 3 aromatic rings. The molecular weight excluding hydrogens is 338 g/mol. The minimum Gasteiger partial charge on any atom is -0.486 e. The zero-order valence-electron chi connectivity index (χ0n) is 14.0. The standard InChI is InChI=1S/C21H16F2O3/c1-25-21(24)17-9-7-15(11-18(17)22)16-8-10-20(19(23)12-16)26-13-14-5-3-2-4-6-14/h2-12H,13H2,1H3. The molecule has 132 valence electrons. The molecule has 0 heterocycles. The topological polar surface area (TPSA) is 35.5 Å². The molecule has 0 amide bonds. The normalized spacial score (nSPS) is 10.4. The Morgan fingerprint density at radius 1 is 0.885 bits per heavy atom. The van der Waals surface area contributed by atoms with Gasteiger partial charge < -0.3 is 9.47 Å². The molecular formula is C21H16F2O3. The van der Waals surface area contributed by atoms with Crippen LogP contribution < -0.4 is 4.74 Å². The second-order valence-electron chi connectivity index (χ2n) is 5.61. The molecule has 0 spiro atoms. The van der Waals surface area contributed by atoms with Crippen LogP contribution in [0.3, 0.4) is 0 Å². The lowest BCUT2D eigenvalue weighted by Crippen LogP contribution is -2.04. The Kier molecular flexibility index (Phi) is 5.27. The zero-order chi connectivity index (χ0) is 18.5. The third kappa shape index (κ3) is 3.88. The lowest BCUT2D eigenvalue weighted by Gasteiger charge is -2.10. The van der Waals surface area contributed by atoms with Gasteiger partial charge in [0.05, 0.1) is 12.7 Å². The van der Waals surface area contributed by atoms with Crippen molar-refractivity contribution >= 4 is 5.97 Å². The Bertz CT molecular complexity index is 924. The van der Waals surface area contributed by atoms with Gasteiger partial charge >= 0.3 is 5.97 Å². The molecule has 3 nitrogen and oxygen atoms in total. The molecule has 0 fully saturated rings. The number of esters is 1. The predicted molar refractivity (Wildman–Crippen MR) is 93.9 cm³/mol. The third-order valence-corrected chi connectivity index (χ3v) is 3.88. The lowest BCUT2D eigenvalue weighted by atomic mass is 10.0. The maximum absolute atomic E-state index is 14.3. The van der Waals surface area contributed by atoms with Gasteiger partial charge in [0.25, 0.3) is 0 Å². The highest BCUT2D eigenvalue weighted by molar-refractivity contribution is 5.90. The first-order valence-corrected chi connectivity index (χ1v) is 7.93. The molecule has 3 aromatic carbocycles. The Morgan fingerprint density at radius 3 is 2.15 bits per heavy atom. The number of benzene rings is 3. The van der Waals surface area contributed by atoms with E-state index < -0.39 is 17.6 Å². The van der Waals surface area contributed by atoms with Crippen LogP contribution in [0, 0.1) is 11.6 Å². The summed E-state index contributed by atoms with van der Waals surface area (Å²) in [6.07, 6.45) is 0. The maximum atomic E-state index is 14.3. The fourth-order valence-electron chi connectivity index (χ4n) is 2.50. The first-order valence-electron chi connectivity index (χ1n) is 7.93. The Morgan fingerprint density at radius 2 is 1.54 bits per heavy atom. The number of halogens is 2. The molecule has 3 rings (SSSR count). The van der Waals surface area contributed by atoms with Gasteiger partial charge in [-0.25, -0.2) is 13.6 Å². The quantitative estimate of drug-likeness (QED) is 0.605. The number of rotatable bonds is 5. The van der Waals surface area contributed by atoms with E-state index in [1.165, 1.54) is 37.4 Å². The first-order chi connectivity index (χ1) is 12.6. The van der Waals surface area contributed by atoms with E-state index in [0.29, 0.717) is 11.1 Å². The lowest BCUT2D eigenvalue weighted by molar-refractivity contribution is 0.0595. The van der Waals surface area contributed by atoms with Gasteiger partial charge in [0.15, 0.2) is 11.6 Å². The molecule has 0 saturated heterocycles. The minimum absolute atomic E-state index is 0.115. The van der Waals surface area contributed by atoms with Crippen LogP contribution in [0.5, 0.6) is 5.75 Å². The van der Waals surface area contributed by atoms with Crippen molar-refractivity contribution in [2.24, 2.45) is 0 Å². The van der Waals surface area contributed by atoms with Crippen molar-refractivity contribution in [2.45, 2.75) is 6.61 Å². The molecule has 26 heavy (non-hydrogen) atoms. The number of hydrogen-bond donors (Lipinski definition) is 0. The fraction of sp³-hybridized carbons (Fsp3) is 0.0952. The van der Waals surface area contributed by atoms with E-state index in [2.05, 4.69) is 4.74 Å². The number of methoxy groups -OCH3 is 1. The summed E-state index contributed by atoms with van der Waals surface area (Å²) in [6.45, 7) is 0.250. The van der Waals surface area contributed by atoms with Crippen molar-refractivity contribution in [2.75, 3.05) is 7.11 Å². The van der Waals surface area contributed by atoms with Crippen LogP contribution in [0.25, 0.3) is 11.1 Å². The Hall–Kier alpha value is -3.21. The fourth-order valence-corrected chi connectivity index (χ4v) is 2.50. The second-order valence-corrected chi connectivity index (χ2v) is 5.61. The zero-order valence-corrected chi connectivity index (χ0v) is 14.0. The summed E-state index contributed by atoms with van der Waals surface area (Å²) in [5.41, 5.74) is 1.68. The number of carbonyl (C=O) groups excluding carboxylic acids is 1. The molecule has 0 saturated carbocycles. The van der Waals surface area contributed by atoms with Crippen molar-refractivity contribution < 1.29 is 23.0 Å². The molecule has 5 heteroatoms. The van der Waals surface area contributed by atoms with Gasteiger partial charge in [-0.1, -0.05) is 42.5 Å². The molecule has 0 aromatic heterocycles. The summed E-state index contributed by atoms with van der Waals surface area (Å²) in [4.78, 5) is 11.4. The van der Waals surface area contributed by atoms with Gasteiger partial charge in [0.2, 0.25) is 0 Å². The summed E-state index contributed by atoms with van der Waals surface area (Å²) >= 11 is 0. The number of hydrogen-bond acceptors (Lipinski definition) is 3. The highest BCUT2D eigenvalue weighted by atomic mass is 19.1. The molecule has 0 unspecified atom stereocenters. The van der Waals surface area contributed by atoms with Crippen LogP contribution in [-0.2, 0) is 11.3 Å². The average molecular weight is 354 g/mol. The van der Waals surface area contributed by atoms with E-state index in [1.807, 2.05) is 30.3 Å². The Labute approximate surface area is 149 Å². The van der Waals surface area contributed by atoms with E-state index in [1.54, 1.807) is 6.07 Å². The molecule has 0 aliphatic heterocycles. The van der Waals surface area contributed by atoms with Gasteiger partial charge in [-0.05, 0) is 41.0 Å². The monoisotopic (exact) mass is 354 g/mol. The maximum Gasteiger partial charge on any atom is 0.340 e. The molecule has 0 radical (unpaired) electrons. The molecule has 0 aliphatic carbocycles.